The largest absolute Gasteiger partial charge is 0.480 e. The fraction of sp³-hybridized carbons (Fsp3) is 0.417. The zero-order chi connectivity index (χ0) is 13.3. The molecule has 18 heavy (non-hydrogen) atoms. The van der Waals surface area contributed by atoms with E-state index in [1.165, 1.54) is 11.2 Å². The van der Waals surface area contributed by atoms with Crippen LogP contribution in [0.2, 0.25) is 0 Å². The van der Waals surface area contributed by atoms with Gasteiger partial charge in [0, 0.05) is 11.9 Å². The van der Waals surface area contributed by atoms with Gasteiger partial charge in [-0.15, -0.1) is 11.3 Å². The minimum absolute atomic E-state index is 0.618. The molecule has 2 heterocycles. The highest BCUT2D eigenvalue weighted by Crippen LogP contribution is 2.30. The molecule has 1 N–H and O–H groups in total. The number of hydrogen-bond acceptors (Lipinski definition) is 5. The summed E-state index contributed by atoms with van der Waals surface area (Å²) in [5, 5.41) is 9.98. The van der Waals surface area contributed by atoms with Gasteiger partial charge in [-0.05, 0) is 19.4 Å². The quantitative estimate of drug-likeness (QED) is 0.917. The van der Waals surface area contributed by atoms with E-state index >= 15 is 0 Å². The maximum absolute atomic E-state index is 11.0. The Balaban J connectivity index is 2.50. The zero-order valence-electron chi connectivity index (χ0n) is 10.5. The molecule has 0 saturated carbocycles. The van der Waals surface area contributed by atoms with Gasteiger partial charge in [0.1, 0.15) is 23.0 Å². The number of nitrogens with zero attached hydrogens (tertiary/aromatic N) is 3. The highest BCUT2D eigenvalue weighted by atomic mass is 32.1. The molecule has 0 aliphatic carbocycles. The summed E-state index contributed by atoms with van der Waals surface area (Å²) in [5.41, 5.74) is 0. The smallest absolute Gasteiger partial charge is 0.326 e. The molecule has 6 heteroatoms. The number of carboxylic acid groups (broad SMARTS) is 1. The first-order chi connectivity index (χ1) is 8.54. The molecule has 0 aliphatic rings. The average molecular weight is 265 g/mol. The molecule has 2 aromatic rings. The summed E-state index contributed by atoms with van der Waals surface area (Å²) in [6, 6.07) is 1.42. The van der Waals surface area contributed by atoms with Crippen molar-refractivity contribution < 1.29 is 9.90 Å². The maximum atomic E-state index is 11.0. The summed E-state index contributed by atoms with van der Waals surface area (Å²) >= 11 is 1.62. The first kappa shape index (κ1) is 12.8. The third-order valence-electron chi connectivity index (χ3n) is 2.98. The summed E-state index contributed by atoms with van der Waals surface area (Å²) in [6.45, 7) is 3.73. The van der Waals surface area contributed by atoms with Crippen molar-refractivity contribution >= 4 is 33.3 Å². The van der Waals surface area contributed by atoms with Crippen LogP contribution in [0.4, 0.5) is 5.82 Å². The van der Waals surface area contributed by atoms with Crippen molar-refractivity contribution in [2.45, 2.75) is 26.3 Å². The van der Waals surface area contributed by atoms with E-state index in [0.29, 0.717) is 5.82 Å². The molecule has 0 spiro atoms. The highest BCUT2D eigenvalue weighted by Gasteiger charge is 2.20. The van der Waals surface area contributed by atoms with Crippen LogP contribution in [0.5, 0.6) is 0 Å². The van der Waals surface area contributed by atoms with Crippen LogP contribution in [0.15, 0.2) is 12.4 Å². The summed E-state index contributed by atoms with van der Waals surface area (Å²) in [4.78, 5) is 23.3. The van der Waals surface area contributed by atoms with Gasteiger partial charge in [-0.25, -0.2) is 14.8 Å². The number of aryl methyl sites for hydroxylation is 1. The van der Waals surface area contributed by atoms with Gasteiger partial charge in [-0.2, -0.15) is 0 Å². The van der Waals surface area contributed by atoms with E-state index in [1.54, 1.807) is 30.2 Å². The van der Waals surface area contributed by atoms with Crippen molar-refractivity contribution in [2.75, 3.05) is 11.9 Å². The lowest BCUT2D eigenvalue weighted by Gasteiger charge is -2.22. The second kappa shape index (κ2) is 4.89. The Labute approximate surface area is 109 Å². The predicted molar refractivity (Wildman–Crippen MR) is 72.3 cm³/mol. The van der Waals surface area contributed by atoms with Crippen LogP contribution in [-0.2, 0) is 11.2 Å². The number of carboxylic acids is 1. The standard InChI is InChI=1S/C12H15N3O2S/c1-4-8-5-9-10(13-6-14-11(9)18-8)15(3)7(2)12(16)17/h5-7H,4H2,1-3H3,(H,16,17). The van der Waals surface area contributed by atoms with Crippen LogP contribution in [0.1, 0.15) is 18.7 Å². The van der Waals surface area contributed by atoms with E-state index in [2.05, 4.69) is 16.9 Å². The first-order valence-electron chi connectivity index (χ1n) is 5.73. The molecule has 2 aromatic heterocycles. The van der Waals surface area contributed by atoms with Gasteiger partial charge in [0.2, 0.25) is 0 Å². The Morgan fingerprint density at radius 1 is 1.56 bits per heavy atom. The summed E-state index contributed by atoms with van der Waals surface area (Å²) < 4.78 is 0. The van der Waals surface area contributed by atoms with Crippen LogP contribution in [0.25, 0.3) is 10.2 Å². The van der Waals surface area contributed by atoms with Crippen molar-refractivity contribution in [3.05, 3.63) is 17.3 Å². The van der Waals surface area contributed by atoms with Crippen molar-refractivity contribution in [1.82, 2.24) is 9.97 Å². The Bertz CT molecular complexity index is 582. The highest BCUT2D eigenvalue weighted by molar-refractivity contribution is 7.18. The average Bonchev–Trinajstić information content (AvgIpc) is 2.79. The molecule has 0 aromatic carbocycles. The van der Waals surface area contributed by atoms with Crippen LogP contribution < -0.4 is 4.90 Å². The van der Waals surface area contributed by atoms with Crippen molar-refractivity contribution in [3.8, 4) is 0 Å². The maximum Gasteiger partial charge on any atom is 0.326 e. The van der Waals surface area contributed by atoms with E-state index < -0.39 is 12.0 Å². The fourth-order valence-corrected chi connectivity index (χ4v) is 2.63. The van der Waals surface area contributed by atoms with Gasteiger partial charge >= 0.3 is 5.97 Å². The molecule has 5 nitrogen and oxygen atoms in total. The lowest BCUT2D eigenvalue weighted by atomic mass is 10.2. The number of hydrogen-bond donors (Lipinski definition) is 1. The monoisotopic (exact) mass is 265 g/mol. The van der Waals surface area contributed by atoms with Crippen LogP contribution in [0, 0.1) is 0 Å². The molecule has 0 amide bonds. The lowest BCUT2D eigenvalue weighted by Crippen LogP contribution is -2.36. The fourth-order valence-electron chi connectivity index (χ4n) is 1.70. The van der Waals surface area contributed by atoms with E-state index in [4.69, 9.17) is 5.11 Å². The Kier molecular flexibility index (Phi) is 3.47. The molecule has 0 fully saturated rings. The van der Waals surface area contributed by atoms with E-state index in [9.17, 15) is 4.79 Å². The zero-order valence-corrected chi connectivity index (χ0v) is 11.4. The molecular weight excluding hydrogens is 250 g/mol. The topological polar surface area (TPSA) is 66.3 Å². The number of anilines is 1. The second-order valence-electron chi connectivity index (χ2n) is 4.11. The van der Waals surface area contributed by atoms with Gasteiger partial charge in [0.15, 0.2) is 0 Å². The summed E-state index contributed by atoms with van der Waals surface area (Å²) in [7, 11) is 1.74. The molecule has 1 atom stereocenters. The molecule has 0 bridgehead atoms. The Morgan fingerprint density at radius 3 is 2.89 bits per heavy atom. The molecular formula is C12H15N3O2S. The number of carbonyl (C=O) groups is 1. The van der Waals surface area contributed by atoms with Crippen molar-refractivity contribution in [2.24, 2.45) is 0 Å². The number of likely N-dealkylation sites (N-methyl/N-ethyl adjacent to an activating group) is 1. The normalized spacial score (nSPS) is 12.6. The molecule has 0 aliphatic heterocycles. The predicted octanol–water partition coefficient (Wildman–Crippen LogP) is 2.16. The third-order valence-corrected chi connectivity index (χ3v) is 4.17. The minimum atomic E-state index is -0.866. The van der Waals surface area contributed by atoms with E-state index in [1.807, 2.05) is 6.07 Å². The van der Waals surface area contributed by atoms with Gasteiger partial charge in [0.25, 0.3) is 0 Å². The Hall–Kier alpha value is -1.69. The SMILES string of the molecule is CCc1cc2c(N(C)C(C)C(=O)O)ncnc2s1. The number of rotatable bonds is 4. The molecule has 96 valence electrons. The number of aliphatic carboxylic acids is 1. The second-order valence-corrected chi connectivity index (χ2v) is 5.22. The van der Waals surface area contributed by atoms with E-state index in [0.717, 1.165) is 16.6 Å². The van der Waals surface area contributed by atoms with E-state index in [-0.39, 0.29) is 0 Å². The number of aromatic nitrogens is 2. The summed E-state index contributed by atoms with van der Waals surface area (Å²) in [5.74, 6) is -0.193. The summed E-state index contributed by atoms with van der Waals surface area (Å²) in [6.07, 6.45) is 2.43. The van der Waals surface area contributed by atoms with Crippen LogP contribution in [0.3, 0.4) is 0 Å². The van der Waals surface area contributed by atoms with Gasteiger partial charge < -0.3 is 10.0 Å². The van der Waals surface area contributed by atoms with Crippen LogP contribution >= 0.6 is 11.3 Å². The molecule has 0 radical (unpaired) electrons. The van der Waals surface area contributed by atoms with Gasteiger partial charge in [-0.3, -0.25) is 0 Å². The lowest BCUT2D eigenvalue weighted by molar-refractivity contribution is -0.138. The number of fused-ring (bicyclic) bond motifs is 1. The molecule has 0 saturated heterocycles. The number of thiophene rings is 1. The van der Waals surface area contributed by atoms with Crippen molar-refractivity contribution in [3.63, 3.8) is 0 Å². The molecule has 2 rings (SSSR count). The Morgan fingerprint density at radius 2 is 2.28 bits per heavy atom. The van der Waals surface area contributed by atoms with Gasteiger partial charge in [0.05, 0.1) is 5.39 Å². The van der Waals surface area contributed by atoms with Crippen molar-refractivity contribution in [1.29, 1.82) is 0 Å². The molecule has 1 unspecified atom stereocenters. The van der Waals surface area contributed by atoms with Gasteiger partial charge in [-0.1, -0.05) is 6.92 Å². The van der Waals surface area contributed by atoms with Crippen LogP contribution in [-0.4, -0.2) is 34.1 Å². The third kappa shape index (κ3) is 2.15. The first-order valence-corrected chi connectivity index (χ1v) is 6.55. The minimum Gasteiger partial charge on any atom is -0.480 e.